The fourth-order valence-corrected chi connectivity index (χ4v) is 0.663. The number of alkyl halides is 1. The zero-order chi connectivity index (χ0) is 9.14. The number of aromatic nitrogens is 3. The van der Waals surface area contributed by atoms with Crippen LogP contribution >= 0.6 is 11.6 Å². The molecule has 1 amide bonds. The molecule has 12 heavy (non-hydrogen) atoms. The Morgan fingerprint density at radius 1 is 1.75 bits per heavy atom. The molecule has 1 atom stereocenters. The van der Waals surface area contributed by atoms with Crippen molar-refractivity contribution in [2.24, 2.45) is 0 Å². The maximum absolute atomic E-state index is 11.0. The van der Waals surface area contributed by atoms with Crippen molar-refractivity contribution < 1.29 is 4.79 Å². The zero-order valence-corrected chi connectivity index (χ0v) is 7.51. The number of rotatable bonds is 2. The van der Waals surface area contributed by atoms with E-state index in [4.69, 9.17) is 11.6 Å². The number of nitrogens with one attached hydrogen (secondary N) is 2. The van der Waals surface area contributed by atoms with Crippen molar-refractivity contribution in [3.63, 3.8) is 0 Å². The molecule has 2 N–H and O–H groups in total. The third-order valence-electron chi connectivity index (χ3n) is 1.19. The Labute approximate surface area is 74.5 Å². The number of anilines is 1. The van der Waals surface area contributed by atoms with E-state index < -0.39 is 5.38 Å². The predicted octanol–water partition coefficient (Wildman–Crippen LogP) is 0.679. The highest BCUT2D eigenvalue weighted by Gasteiger charge is 2.10. The Kier molecular flexibility index (Phi) is 2.65. The maximum Gasteiger partial charge on any atom is 0.248 e. The number of carbonyl (C=O) groups excluding carboxylic acids is 1. The number of aryl methyl sites for hydroxylation is 1. The van der Waals surface area contributed by atoms with Crippen LogP contribution in [0.15, 0.2) is 0 Å². The van der Waals surface area contributed by atoms with Crippen LogP contribution in [0.4, 0.5) is 5.95 Å². The predicted molar refractivity (Wildman–Crippen MR) is 45.1 cm³/mol. The monoisotopic (exact) mass is 188 g/mol. The lowest BCUT2D eigenvalue weighted by molar-refractivity contribution is -0.115. The van der Waals surface area contributed by atoms with E-state index in [0.717, 1.165) is 0 Å². The molecule has 1 rings (SSSR count). The van der Waals surface area contributed by atoms with Crippen LogP contribution in [0.5, 0.6) is 0 Å². The molecule has 0 bridgehead atoms. The Bertz CT molecular complexity index is 283. The van der Waals surface area contributed by atoms with Crippen molar-refractivity contribution >= 4 is 23.5 Å². The Morgan fingerprint density at radius 2 is 2.42 bits per heavy atom. The van der Waals surface area contributed by atoms with E-state index in [1.165, 1.54) is 0 Å². The van der Waals surface area contributed by atoms with Crippen molar-refractivity contribution in [1.29, 1.82) is 0 Å². The average molecular weight is 189 g/mol. The van der Waals surface area contributed by atoms with Crippen LogP contribution in [0, 0.1) is 6.92 Å². The average Bonchev–Trinajstić information content (AvgIpc) is 2.35. The summed E-state index contributed by atoms with van der Waals surface area (Å²) in [4.78, 5) is 14.9. The molecule has 1 aromatic rings. The number of hydrogen-bond donors (Lipinski definition) is 2. The summed E-state index contributed by atoms with van der Waals surface area (Å²) in [6.45, 7) is 3.32. The van der Waals surface area contributed by atoms with Gasteiger partial charge in [-0.3, -0.25) is 15.2 Å². The van der Waals surface area contributed by atoms with Gasteiger partial charge in [-0.1, -0.05) is 0 Å². The highest BCUT2D eigenvalue weighted by Crippen LogP contribution is 2.00. The van der Waals surface area contributed by atoms with E-state index in [2.05, 4.69) is 20.5 Å². The molecular weight excluding hydrogens is 180 g/mol. The van der Waals surface area contributed by atoms with Crippen molar-refractivity contribution in [3.05, 3.63) is 5.82 Å². The number of nitrogens with zero attached hydrogens (tertiary/aromatic N) is 2. The van der Waals surface area contributed by atoms with Gasteiger partial charge in [0.2, 0.25) is 11.9 Å². The molecule has 1 unspecified atom stereocenters. The molecule has 6 heteroatoms. The molecule has 0 spiro atoms. The Balaban J connectivity index is 2.58. The van der Waals surface area contributed by atoms with Gasteiger partial charge in [0.1, 0.15) is 11.2 Å². The normalized spacial score (nSPS) is 12.6. The van der Waals surface area contributed by atoms with Crippen LogP contribution < -0.4 is 5.32 Å². The van der Waals surface area contributed by atoms with Crippen molar-refractivity contribution in [1.82, 2.24) is 15.2 Å². The smallest absolute Gasteiger partial charge is 0.248 e. The summed E-state index contributed by atoms with van der Waals surface area (Å²) in [6, 6.07) is 0. The minimum Gasteiger partial charge on any atom is -0.292 e. The lowest BCUT2D eigenvalue weighted by Crippen LogP contribution is -2.20. The van der Waals surface area contributed by atoms with Crippen LogP contribution in [-0.4, -0.2) is 26.5 Å². The number of H-pyrrole nitrogens is 1. The van der Waals surface area contributed by atoms with Crippen LogP contribution in [0.3, 0.4) is 0 Å². The third kappa shape index (κ3) is 2.20. The van der Waals surface area contributed by atoms with Crippen molar-refractivity contribution in [3.8, 4) is 0 Å². The fourth-order valence-electron chi connectivity index (χ4n) is 0.608. The highest BCUT2D eigenvalue weighted by atomic mass is 35.5. The topological polar surface area (TPSA) is 70.7 Å². The second-order valence-corrected chi connectivity index (χ2v) is 3.00. The minimum atomic E-state index is -0.580. The van der Waals surface area contributed by atoms with Gasteiger partial charge in [0.25, 0.3) is 0 Å². The molecule has 0 radical (unpaired) electrons. The third-order valence-corrected chi connectivity index (χ3v) is 1.39. The second-order valence-electron chi connectivity index (χ2n) is 2.35. The number of amides is 1. The van der Waals surface area contributed by atoms with Crippen molar-refractivity contribution in [2.75, 3.05) is 5.32 Å². The van der Waals surface area contributed by atoms with Crippen LogP contribution in [0.1, 0.15) is 12.7 Å². The highest BCUT2D eigenvalue weighted by molar-refractivity contribution is 6.32. The lowest BCUT2D eigenvalue weighted by Gasteiger charge is -2.00. The van der Waals surface area contributed by atoms with Gasteiger partial charge in [-0.2, -0.15) is 4.98 Å². The van der Waals surface area contributed by atoms with Gasteiger partial charge >= 0.3 is 0 Å². The van der Waals surface area contributed by atoms with E-state index in [9.17, 15) is 4.79 Å². The zero-order valence-electron chi connectivity index (χ0n) is 6.76. The summed E-state index contributed by atoms with van der Waals surface area (Å²) in [6.07, 6.45) is 0. The first-order valence-corrected chi connectivity index (χ1v) is 3.87. The molecule has 0 aromatic carbocycles. The van der Waals surface area contributed by atoms with Gasteiger partial charge in [0, 0.05) is 0 Å². The first-order valence-electron chi connectivity index (χ1n) is 3.43. The molecule has 0 aliphatic carbocycles. The summed E-state index contributed by atoms with van der Waals surface area (Å²) >= 11 is 5.51. The van der Waals surface area contributed by atoms with E-state index in [1.54, 1.807) is 13.8 Å². The summed E-state index contributed by atoms with van der Waals surface area (Å²) in [5.74, 6) is 0.591. The van der Waals surface area contributed by atoms with Crippen LogP contribution in [0.2, 0.25) is 0 Å². The van der Waals surface area contributed by atoms with Gasteiger partial charge in [-0.25, -0.2) is 0 Å². The summed E-state index contributed by atoms with van der Waals surface area (Å²) in [7, 11) is 0. The molecule has 0 saturated carbocycles. The Hall–Kier alpha value is -1.10. The van der Waals surface area contributed by atoms with Crippen LogP contribution in [0.25, 0.3) is 0 Å². The SMILES string of the molecule is Cc1nc(NC(=O)C(C)Cl)n[nH]1. The second kappa shape index (κ2) is 3.53. The standard InChI is InChI=1S/C6H9ClN4O/c1-3(7)5(12)9-6-8-4(2)10-11-6/h3H,1-2H3,(H2,8,9,10,11,12). The number of hydrogen-bond acceptors (Lipinski definition) is 3. The van der Waals surface area contributed by atoms with Gasteiger partial charge in [0.15, 0.2) is 0 Å². The number of halogens is 1. The molecule has 0 aliphatic heterocycles. The number of aromatic amines is 1. The van der Waals surface area contributed by atoms with Crippen molar-refractivity contribution in [2.45, 2.75) is 19.2 Å². The van der Waals surface area contributed by atoms with E-state index in [1.807, 2.05) is 0 Å². The first kappa shape index (κ1) is 8.99. The quantitative estimate of drug-likeness (QED) is 0.671. The summed E-state index contributed by atoms with van der Waals surface area (Å²) < 4.78 is 0. The number of carbonyl (C=O) groups is 1. The molecule has 66 valence electrons. The largest absolute Gasteiger partial charge is 0.292 e. The van der Waals surface area contributed by atoms with E-state index >= 15 is 0 Å². The maximum atomic E-state index is 11.0. The van der Waals surface area contributed by atoms with Gasteiger partial charge in [-0.05, 0) is 13.8 Å². The molecule has 5 nitrogen and oxygen atoms in total. The molecule has 1 heterocycles. The summed E-state index contributed by atoms with van der Waals surface area (Å²) in [5.41, 5.74) is 0. The van der Waals surface area contributed by atoms with E-state index in [-0.39, 0.29) is 11.9 Å². The lowest BCUT2D eigenvalue weighted by atomic mass is 10.4. The molecule has 0 fully saturated rings. The van der Waals surface area contributed by atoms with Gasteiger partial charge in [0.05, 0.1) is 0 Å². The first-order chi connectivity index (χ1) is 5.59. The van der Waals surface area contributed by atoms with Gasteiger partial charge in [-0.15, -0.1) is 16.7 Å². The molecule has 0 saturated heterocycles. The Morgan fingerprint density at radius 3 is 2.83 bits per heavy atom. The summed E-state index contributed by atoms with van der Waals surface area (Å²) in [5, 5.41) is 8.16. The molecule has 0 aliphatic rings. The van der Waals surface area contributed by atoms with Crippen LogP contribution in [-0.2, 0) is 4.79 Å². The molecule has 1 aromatic heterocycles. The van der Waals surface area contributed by atoms with E-state index in [0.29, 0.717) is 5.82 Å². The minimum absolute atomic E-state index is 0.255. The molecular formula is C6H9ClN4O. The fraction of sp³-hybridized carbons (Fsp3) is 0.500. The van der Waals surface area contributed by atoms with Gasteiger partial charge < -0.3 is 0 Å².